The van der Waals surface area contributed by atoms with Crippen molar-refractivity contribution in [1.29, 1.82) is 0 Å². The lowest BCUT2D eigenvalue weighted by Crippen LogP contribution is -2.34. The Kier molecular flexibility index (Phi) is 2.24. The van der Waals surface area contributed by atoms with E-state index in [9.17, 15) is 22.0 Å². The number of aliphatic hydroxyl groups is 1. The highest BCUT2D eigenvalue weighted by atomic mass is 19.4. The average molecular weight is 163 g/mol. The molecule has 0 atom stereocenters. The van der Waals surface area contributed by atoms with Crippen LogP contribution in [0.1, 0.15) is 6.92 Å². The Labute approximate surface area is 53.5 Å². The molecule has 61 valence electrons. The summed E-state index contributed by atoms with van der Waals surface area (Å²) in [6.07, 6.45) is -9.91. The summed E-state index contributed by atoms with van der Waals surface area (Å²) in [6.45, 7) is 0.125. The van der Waals surface area contributed by atoms with Gasteiger partial charge in [-0.25, -0.2) is 0 Å². The van der Waals surface area contributed by atoms with Gasteiger partial charge in [0.15, 0.2) is 5.92 Å². The summed E-state index contributed by atoms with van der Waals surface area (Å²) in [6, 6.07) is 0. The first-order valence-electron chi connectivity index (χ1n) is 2.17. The Balaban J connectivity index is 4.23. The van der Waals surface area contributed by atoms with Gasteiger partial charge in [-0.05, 0) is 6.92 Å². The van der Waals surface area contributed by atoms with Crippen LogP contribution in [-0.2, 0) is 0 Å². The SMILES string of the molecule is C[C](C(O)(F)F)C(F)(F)F. The summed E-state index contributed by atoms with van der Waals surface area (Å²) in [5, 5.41) is 7.53. The van der Waals surface area contributed by atoms with Crippen LogP contribution in [0.3, 0.4) is 0 Å². The van der Waals surface area contributed by atoms with Gasteiger partial charge in [-0.1, -0.05) is 0 Å². The molecule has 0 heterocycles. The maximum atomic E-state index is 11.4. The zero-order valence-corrected chi connectivity index (χ0v) is 4.84. The van der Waals surface area contributed by atoms with Gasteiger partial charge in [0, 0.05) is 0 Å². The molecule has 0 unspecified atom stereocenters. The largest absolute Gasteiger partial charge is 0.403 e. The normalized spacial score (nSPS) is 14.4. The zero-order chi connectivity index (χ0) is 8.58. The average Bonchev–Trinajstić information content (AvgIpc) is 1.59. The first kappa shape index (κ1) is 9.61. The lowest BCUT2D eigenvalue weighted by atomic mass is 10.1. The first-order chi connectivity index (χ1) is 4.15. The molecule has 1 radical (unpaired) electrons. The van der Waals surface area contributed by atoms with E-state index < -0.39 is 18.2 Å². The maximum Gasteiger partial charge on any atom is 0.403 e. The molecule has 1 nitrogen and oxygen atoms in total. The highest BCUT2D eigenvalue weighted by Crippen LogP contribution is 2.37. The van der Waals surface area contributed by atoms with E-state index in [2.05, 4.69) is 0 Å². The Hall–Kier alpha value is -0.390. The highest BCUT2D eigenvalue weighted by molar-refractivity contribution is 4.99. The topological polar surface area (TPSA) is 20.2 Å². The van der Waals surface area contributed by atoms with E-state index in [1.807, 2.05) is 0 Å². The van der Waals surface area contributed by atoms with E-state index in [0.717, 1.165) is 0 Å². The van der Waals surface area contributed by atoms with Crippen LogP contribution in [0.4, 0.5) is 22.0 Å². The minimum atomic E-state index is -5.14. The summed E-state index contributed by atoms with van der Waals surface area (Å²) in [4.78, 5) is 0. The van der Waals surface area contributed by atoms with Gasteiger partial charge in [-0.2, -0.15) is 22.0 Å². The van der Waals surface area contributed by atoms with Gasteiger partial charge in [0.1, 0.15) is 0 Å². The number of alkyl halides is 5. The lowest BCUT2D eigenvalue weighted by molar-refractivity contribution is -0.241. The van der Waals surface area contributed by atoms with Gasteiger partial charge >= 0.3 is 12.3 Å². The monoisotopic (exact) mass is 163 g/mol. The molecule has 0 spiro atoms. The van der Waals surface area contributed by atoms with Gasteiger partial charge in [0.2, 0.25) is 0 Å². The number of rotatable bonds is 1. The number of hydrogen-bond acceptors (Lipinski definition) is 1. The van der Waals surface area contributed by atoms with E-state index in [1.54, 1.807) is 0 Å². The Bertz CT molecular complexity index is 97.8. The second-order valence-corrected chi connectivity index (χ2v) is 1.66. The van der Waals surface area contributed by atoms with Crippen LogP contribution in [0.25, 0.3) is 0 Å². The van der Waals surface area contributed by atoms with Gasteiger partial charge in [-0.3, -0.25) is 0 Å². The van der Waals surface area contributed by atoms with Gasteiger partial charge in [0.25, 0.3) is 0 Å². The smallest absolute Gasteiger partial charge is 0.336 e. The molecule has 0 bridgehead atoms. The van der Waals surface area contributed by atoms with E-state index in [-0.39, 0.29) is 6.92 Å². The van der Waals surface area contributed by atoms with Crippen molar-refractivity contribution in [3.05, 3.63) is 5.92 Å². The van der Waals surface area contributed by atoms with E-state index >= 15 is 0 Å². The molecule has 0 fully saturated rings. The minimum absolute atomic E-state index is 0.125. The zero-order valence-electron chi connectivity index (χ0n) is 4.84. The molecule has 0 saturated heterocycles. The quantitative estimate of drug-likeness (QED) is 0.583. The van der Waals surface area contributed by atoms with Crippen LogP contribution in [0.15, 0.2) is 0 Å². The summed E-state index contributed by atoms with van der Waals surface area (Å²) >= 11 is 0. The lowest BCUT2D eigenvalue weighted by Gasteiger charge is -2.18. The fourth-order valence-corrected chi connectivity index (χ4v) is 0.171. The molecule has 1 N–H and O–H groups in total. The Morgan fingerprint density at radius 1 is 1.10 bits per heavy atom. The number of hydrogen-bond donors (Lipinski definition) is 1. The van der Waals surface area contributed by atoms with E-state index in [0.29, 0.717) is 0 Å². The van der Waals surface area contributed by atoms with E-state index in [1.165, 1.54) is 0 Å². The van der Waals surface area contributed by atoms with Crippen LogP contribution in [0, 0.1) is 5.92 Å². The van der Waals surface area contributed by atoms with Gasteiger partial charge < -0.3 is 5.11 Å². The van der Waals surface area contributed by atoms with Crippen LogP contribution in [0.5, 0.6) is 0 Å². The molecule has 10 heavy (non-hydrogen) atoms. The molecule has 0 aliphatic rings. The van der Waals surface area contributed by atoms with Gasteiger partial charge in [-0.15, -0.1) is 0 Å². The molecule has 0 aromatic rings. The summed E-state index contributed by atoms with van der Waals surface area (Å²) in [5.74, 6) is -2.21. The van der Waals surface area contributed by atoms with Crippen LogP contribution in [0.2, 0.25) is 0 Å². The van der Waals surface area contributed by atoms with Crippen molar-refractivity contribution >= 4 is 0 Å². The van der Waals surface area contributed by atoms with Crippen molar-refractivity contribution < 1.29 is 27.1 Å². The minimum Gasteiger partial charge on any atom is -0.336 e. The second-order valence-electron chi connectivity index (χ2n) is 1.66. The third-order valence-corrected chi connectivity index (χ3v) is 0.876. The van der Waals surface area contributed by atoms with Crippen molar-refractivity contribution in [2.24, 2.45) is 0 Å². The fraction of sp³-hybridized carbons (Fsp3) is 0.750. The second kappa shape index (κ2) is 2.34. The van der Waals surface area contributed by atoms with Crippen molar-refractivity contribution in [1.82, 2.24) is 0 Å². The molecule has 0 amide bonds. The molecule has 6 heteroatoms. The summed E-state index contributed by atoms with van der Waals surface area (Å²) in [5.41, 5.74) is 0. The summed E-state index contributed by atoms with van der Waals surface area (Å²) < 4.78 is 56.6. The fourth-order valence-electron chi connectivity index (χ4n) is 0.171. The van der Waals surface area contributed by atoms with Crippen molar-refractivity contribution in [3.63, 3.8) is 0 Å². The molecule has 0 aromatic carbocycles. The Morgan fingerprint density at radius 2 is 1.40 bits per heavy atom. The molecule has 0 saturated carbocycles. The van der Waals surface area contributed by atoms with Crippen molar-refractivity contribution in [3.8, 4) is 0 Å². The summed E-state index contributed by atoms with van der Waals surface area (Å²) in [7, 11) is 0. The standard InChI is InChI=1S/C4H4F5O/c1-2(3(5,6)7)4(8,9)10/h10H,1H3. The van der Waals surface area contributed by atoms with Crippen LogP contribution >= 0.6 is 0 Å². The molecular weight excluding hydrogens is 159 g/mol. The highest BCUT2D eigenvalue weighted by Gasteiger charge is 2.52. The first-order valence-corrected chi connectivity index (χ1v) is 2.17. The molecule has 0 aliphatic heterocycles. The molecule has 0 rings (SSSR count). The van der Waals surface area contributed by atoms with Crippen LogP contribution in [-0.4, -0.2) is 17.4 Å². The van der Waals surface area contributed by atoms with Crippen LogP contribution < -0.4 is 0 Å². The maximum absolute atomic E-state index is 11.4. The van der Waals surface area contributed by atoms with Gasteiger partial charge in [0.05, 0.1) is 0 Å². The molecule has 0 aliphatic carbocycles. The predicted octanol–water partition coefficient (Wildman–Crippen LogP) is 1.73. The van der Waals surface area contributed by atoms with Crippen molar-refractivity contribution in [2.45, 2.75) is 19.2 Å². The Morgan fingerprint density at radius 3 is 1.40 bits per heavy atom. The molecule has 0 aromatic heterocycles. The van der Waals surface area contributed by atoms with E-state index in [4.69, 9.17) is 5.11 Å². The third kappa shape index (κ3) is 2.47. The number of halogens is 5. The molecular formula is C4H4F5O. The predicted molar refractivity (Wildman–Crippen MR) is 22.1 cm³/mol. The third-order valence-electron chi connectivity index (χ3n) is 0.876. The van der Waals surface area contributed by atoms with Crippen molar-refractivity contribution in [2.75, 3.05) is 0 Å².